The zero-order valence-electron chi connectivity index (χ0n) is 20.3. The maximum atomic E-state index is 13.1. The first kappa shape index (κ1) is 25.3. The Morgan fingerprint density at radius 2 is 1.44 bits per heavy atom. The lowest BCUT2D eigenvalue weighted by Gasteiger charge is -2.33. The summed E-state index contributed by atoms with van der Waals surface area (Å²) in [5.41, 5.74) is 2.24. The molecule has 2 amide bonds. The van der Waals surface area contributed by atoms with Gasteiger partial charge in [-0.2, -0.15) is 0 Å². The molecule has 0 heterocycles. The molecule has 182 valence electrons. The number of hydrogen-bond donors (Lipinski definition) is 3. The average Bonchev–Trinajstić information content (AvgIpc) is 3.18. The molecular formula is C27H34N2O5. The van der Waals surface area contributed by atoms with E-state index in [1.54, 1.807) is 13.8 Å². The molecule has 0 saturated heterocycles. The van der Waals surface area contributed by atoms with Crippen LogP contribution in [-0.2, 0) is 14.3 Å². The summed E-state index contributed by atoms with van der Waals surface area (Å²) in [5.74, 6) is -1.46. The van der Waals surface area contributed by atoms with Gasteiger partial charge in [0.1, 0.15) is 12.1 Å². The maximum absolute atomic E-state index is 13.1. The molecule has 3 rings (SSSR count). The number of aliphatic carboxylic acids is 1. The Hall–Kier alpha value is -3.35. The van der Waals surface area contributed by atoms with E-state index in [0.717, 1.165) is 22.3 Å². The molecule has 7 heteroatoms. The highest BCUT2D eigenvalue weighted by Crippen LogP contribution is 2.44. The standard InChI is InChI=1S/C27H34N2O5/c1-5-26(4,24(31)32)17-28-23(30)27(6-2,7-3)29-25(33)34-16-22-20-14-10-8-12-18(20)19-13-9-11-15-21(19)22/h8-15,22H,5-7,16-17H2,1-4H3,(H,28,30)(H,29,33)(H,31,32). The summed E-state index contributed by atoms with van der Waals surface area (Å²) in [6.45, 7) is 7.10. The highest BCUT2D eigenvalue weighted by molar-refractivity contribution is 5.90. The molecule has 7 nitrogen and oxygen atoms in total. The number of carboxylic acid groups (broad SMARTS) is 1. The van der Waals surface area contributed by atoms with Crippen molar-refractivity contribution in [2.24, 2.45) is 5.41 Å². The summed E-state index contributed by atoms with van der Waals surface area (Å²) in [4.78, 5) is 37.5. The molecule has 1 unspecified atom stereocenters. The number of carbonyl (C=O) groups is 3. The van der Waals surface area contributed by atoms with Gasteiger partial charge in [-0.1, -0.05) is 69.3 Å². The molecule has 1 aliphatic rings. The van der Waals surface area contributed by atoms with Gasteiger partial charge in [-0.05, 0) is 48.4 Å². The Bertz CT molecular complexity index is 1020. The topological polar surface area (TPSA) is 105 Å². The predicted octanol–water partition coefficient (Wildman–Crippen LogP) is 4.70. The van der Waals surface area contributed by atoms with Crippen molar-refractivity contribution in [2.45, 2.75) is 58.4 Å². The number of amides is 2. The third kappa shape index (κ3) is 4.79. The number of alkyl carbamates (subject to hydrolysis) is 1. The molecule has 0 fully saturated rings. The minimum atomic E-state index is -1.18. The Kier molecular flexibility index (Phi) is 7.64. The van der Waals surface area contributed by atoms with Gasteiger partial charge in [0.25, 0.3) is 0 Å². The lowest BCUT2D eigenvalue weighted by molar-refractivity contribution is -0.148. The van der Waals surface area contributed by atoms with Gasteiger partial charge in [0, 0.05) is 12.5 Å². The van der Waals surface area contributed by atoms with E-state index in [-0.39, 0.29) is 19.1 Å². The van der Waals surface area contributed by atoms with Crippen LogP contribution in [0, 0.1) is 5.41 Å². The Balaban J connectivity index is 1.69. The molecule has 0 aromatic heterocycles. The van der Waals surface area contributed by atoms with Crippen LogP contribution in [0.3, 0.4) is 0 Å². The fourth-order valence-corrected chi connectivity index (χ4v) is 4.43. The quantitative estimate of drug-likeness (QED) is 0.471. The van der Waals surface area contributed by atoms with Gasteiger partial charge in [-0.3, -0.25) is 9.59 Å². The van der Waals surface area contributed by atoms with E-state index >= 15 is 0 Å². The highest BCUT2D eigenvalue weighted by Gasteiger charge is 2.40. The minimum Gasteiger partial charge on any atom is -0.481 e. The maximum Gasteiger partial charge on any atom is 0.408 e. The number of carboxylic acids is 1. The van der Waals surface area contributed by atoms with Gasteiger partial charge in [0.15, 0.2) is 0 Å². The largest absolute Gasteiger partial charge is 0.481 e. The van der Waals surface area contributed by atoms with Crippen molar-refractivity contribution in [1.29, 1.82) is 0 Å². The first-order valence-corrected chi connectivity index (χ1v) is 11.9. The van der Waals surface area contributed by atoms with Crippen molar-refractivity contribution in [2.75, 3.05) is 13.2 Å². The molecule has 3 N–H and O–H groups in total. The predicted molar refractivity (Wildman–Crippen MR) is 131 cm³/mol. The number of fused-ring (bicyclic) bond motifs is 3. The number of carbonyl (C=O) groups excluding carboxylic acids is 2. The minimum absolute atomic E-state index is 0.0220. The lowest BCUT2D eigenvalue weighted by Crippen LogP contribution is -2.59. The van der Waals surface area contributed by atoms with Crippen LogP contribution in [0.5, 0.6) is 0 Å². The monoisotopic (exact) mass is 466 g/mol. The molecule has 0 spiro atoms. The van der Waals surface area contributed by atoms with Gasteiger partial charge in [-0.25, -0.2) is 4.79 Å². The third-order valence-corrected chi connectivity index (χ3v) is 7.26. The van der Waals surface area contributed by atoms with Crippen molar-refractivity contribution in [3.63, 3.8) is 0 Å². The van der Waals surface area contributed by atoms with E-state index in [2.05, 4.69) is 22.8 Å². The van der Waals surface area contributed by atoms with Crippen molar-refractivity contribution in [1.82, 2.24) is 10.6 Å². The molecule has 0 aliphatic heterocycles. The molecular weight excluding hydrogens is 432 g/mol. The second-order valence-electron chi connectivity index (χ2n) is 9.14. The zero-order chi connectivity index (χ0) is 24.9. The fraction of sp³-hybridized carbons (Fsp3) is 0.444. The van der Waals surface area contributed by atoms with E-state index in [9.17, 15) is 19.5 Å². The van der Waals surface area contributed by atoms with E-state index in [0.29, 0.717) is 19.3 Å². The smallest absolute Gasteiger partial charge is 0.408 e. The number of rotatable bonds is 10. The van der Waals surface area contributed by atoms with Gasteiger partial charge in [-0.15, -0.1) is 0 Å². The van der Waals surface area contributed by atoms with Crippen LogP contribution in [0.1, 0.15) is 64.0 Å². The summed E-state index contributed by atoms with van der Waals surface area (Å²) >= 11 is 0. The molecule has 2 aromatic rings. The number of benzene rings is 2. The van der Waals surface area contributed by atoms with Crippen molar-refractivity contribution >= 4 is 18.0 Å². The first-order valence-electron chi connectivity index (χ1n) is 11.9. The first-order chi connectivity index (χ1) is 16.2. The molecule has 1 atom stereocenters. The lowest BCUT2D eigenvalue weighted by atomic mass is 9.86. The van der Waals surface area contributed by atoms with E-state index < -0.39 is 28.9 Å². The molecule has 1 aliphatic carbocycles. The van der Waals surface area contributed by atoms with Gasteiger partial charge >= 0.3 is 12.1 Å². The number of hydrogen-bond acceptors (Lipinski definition) is 4. The SMILES string of the molecule is CCC(C)(CNC(=O)C(CC)(CC)NC(=O)OCC1c2ccccc2-c2ccccc21)C(=O)O. The van der Waals surface area contributed by atoms with Gasteiger partial charge in [0.05, 0.1) is 5.41 Å². The Labute approximate surface area is 200 Å². The van der Waals surface area contributed by atoms with Crippen LogP contribution in [0.2, 0.25) is 0 Å². The zero-order valence-corrected chi connectivity index (χ0v) is 20.3. The molecule has 0 radical (unpaired) electrons. The van der Waals surface area contributed by atoms with Crippen LogP contribution in [0.4, 0.5) is 4.79 Å². The van der Waals surface area contributed by atoms with Crippen LogP contribution in [-0.4, -0.2) is 41.8 Å². The summed E-state index contributed by atoms with van der Waals surface area (Å²) < 4.78 is 5.63. The van der Waals surface area contributed by atoms with Gasteiger partial charge < -0.3 is 20.5 Å². The summed E-state index contributed by atoms with van der Waals surface area (Å²) in [6, 6.07) is 16.2. The van der Waals surface area contributed by atoms with Crippen LogP contribution in [0.15, 0.2) is 48.5 Å². The Morgan fingerprint density at radius 3 is 1.91 bits per heavy atom. The van der Waals surface area contributed by atoms with Crippen LogP contribution in [0.25, 0.3) is 11.1 Å². The Morgan fingerprint density at radius 1 is 0.912 bits per heavy atom. The normalized spacial score (nSPS) is 14.5. The average molecular weight is 467 g/mol. The van der Waals surface area contributed by atoms with Crippen molar-refractivity contribution in [3.8, 4) is 11.1 Å². The summed E-state index contributed by atoms with van der Waals surface area (Å²) in [7, 11) is 0. The third-order valence-electron chi connectivity index (χ3n) is 7.26. The molecule has 2 aromatic carbocycles. The molecule has 0 bridgehead atoms. The van der Waals surface area contributed by atoms with E-state index in [1.807, 2.05) is 50.2 Å². The number of ether oxygens (including phenoxy) is 1. The highest BCUT2D eigenvalue weighted by atomic mass is 16.5. The van der Waals surface area contributed by atoms with E-state index in [1.165, 1.54) is 0 Å². The van der Waals surface area contributed by atoms with Crippen molar-refractivity contribution < 1.29 is 24.2 Å². The van der Waals surface area contributed by atoms with Crippen LogP contribution >= 0.6 is 0 Å². The second kappa shape index (κ2) is 10.3. The van der Waals surface area contributed by atoms with Crippen molar-refractivity contribution in [3.05, 3.63) is 59.7 Å². The van der Waals surface area contributed by atoms with Gasteiger partial charge in [0.2, 0.25) is 5.91 Å². The van der Waals surface area contributed by atoms with Crippen LogP contribution < -0.4 is 10.6 Å². The number of nitrogens with one attached hydrogen (secondary N) is 2. The summed E-state index contributed by atoms with van der Waals surface area (Å²) in [5, 5.41) is 15.0. The fourth-order valence-electron chi connectivity index (χ4n) is 4.43. The molecule has 34 heavy (non-hydrogen) atoms. The second-order valence-corrected chi connectivity index (χ2v) is 9.14. The summed E-state index contributed by atoms with van der Waals surface area (Å²) in [6.07, 6.45) is 0.385. The molecule has 0 saturated carbocycles. The van der Waals surface area contributed by atoms with E-state index in [4.69, 9.17) is 4.74 Å².